The number of hydrogen-bond acceptors (Lipinski definition) is 2. The standard InChI is InChI=1S/C15H18ClFIN3/c1-9-4-3-5-10(2)20(9)21-14-6-11(17)12(18)7-13(14)19-15(21)8-16/h6-7,9-10H,3-5,8H2,1-2H3. The fourth-order valence-electron chi connectivity index (χ4n) is 3.26. The minimum Gasteiger partial charge on any atom is -0.305 e. The van der Waals surface area contributed by atoms with E-state index in [1.165, 1.54) is 6.42 Å². The molecule has 0 amide bonds. The van der Waals surface area contributed by atoms with Crippen LogP contribution in [0, 0.1) is 9.39 Å². The number of hydrogen-bond donors (Lipinski definition) is 0. The van der Waals surface area contributed by atoms with E-state index in [9.17, 15) is 4.39 Å². The van der Waals surface area contributed by atoms with E-state index in [4.69, 9.17) is 11.6 Å². The number of rotatable bonds is 2. The average Bonchev–Trinajstić information content (AvgIpc) is 2.77. The summed E-state index contributed by atoms with van der Waals surface area (Å²) in [5.41, 5.74) is 1.62. The Labute approximate surface area is 142 Å². The molecule has 21 heavy (non-hydrogen) atoms. The first-order valence-corrected chi connectivity index (χ1v) is 8.85. The van der Waals surface area contributed by atoms with Crippen molar-refractivity contribution in [2.75, 3.05) is 5.01 Å². The van der Waals surface area contributed by atoms with Crippen molar-refractivity contribution < 1.29 is 4.39 Å². The molecule has 2 aromatic rings. The summed E-state index contributed by atoms with van der Waals surface area (Å²) in [6, 6.07) is 4.16. The molecule has 0 aliphatic carbocycles. The van der Waals surface area contributed by atoms with Crippen LogP contribution in [0.5, 0.6) is 0 Å². The molecule has 1 aliphatic heterocycles. The Morgan fingerprint density at radius 1 is 1.33 bits per heavy atom. The van der Waals surface area contributed by atoms with Crippen LogP contribution in [0.4, 0.5) is 4.39 Å². The van der Waals surface area contributed by atoms with Gasteiger partial charge in [-0.3, -0.25) is 0 Å². The van der Waals surface area contributed by atoms with Gasteiger partial charge >= 0.3 is 0 Å². The molecule has 3 rings (SSSR count). The lowest BCUT2D eigenvalue weighted by molar-refractivity contribution is 0.337. The zero-order valence-corrected chi connectivity index (χ0v) is 15.0. The van der Waals surface area contributed by atoms with Crippen LogP contribution in [-0.2, 0) is 5.88 Å². The van der Waals surface area contributed by atoms with Crippen LogP contribution < -0.4 is 5.01 Å². The Kier molecular flexibility index (Phi) is 4.32. The van der Waals surface area contributed by atoms with Crippen LogP contribution in [-0.4, -0.2) is 21.7 Å². The topological polar surface area (TPSA) is 21.1 Å². The van der Waals surface area contributed by atoms with Gasteiger partial charge in [0.15, 0.2) is 0 Å². The number of piperidine rings is 1. The SMILES string of the molecule is CC1CCCC(C)N1n1c(CCl)nc2cc(I)c(F)cc21. The third kappa shape index (κ3) is 2.63. The minimum atomic E-state index is -0.206. The van der Waals surface area contributed by atoms with Crippen molar-refractivity contribution in [3.63, 3.8) is 0 Å². The molecule has 2 unspecified atom stereocenters. The Hall–Kier alpha value is -0.560. The van der Waals surface area contributed by atoms with Crippen LogP contribution in [0.3, 0.4) is 0 Å². The lowest BCUT2D eigenvalue weighted by Gasteiger charge is -2.42. The monoisotopic (exact) mass is 421 g/mol. The molecule has 1 aromatic heterocycles. The summed E-state index contributed by atoms with van der Waals surface area (Å²) in [7, 11) is 0. The van der Waals surface area contributed by atoms with E-state index < -0.39 is 0 Å². The molecule has 2 atom stereocenters. The highest BCUT2D eigenvalue weighted by Gasteiger charge is 2.28. The van der Waals surface area contributed by atoms with Crippen molar-refractivity contribution in [1.29, 1.82) is 0 Å². The van der Waals surface area contributed by atoms with Gasteiger partial charge in [0.25, 0.3) is 0 Å². The number of imidazole rings is 1. The maximum atomic E-state index is 14.0. The number of nitrogens with zero attached hydrogens (tertiary/aromatic N) is 3. The first-order chi connectivity index (χ1) is 10.0. The highest BCUT2D eigenvalue weighted by Crippen LogP contribution is 2.28. The normalized spacial score (nSPS) is 23.0. The van der Waals surface area contributed by atoms with Gasteiger partial charge in [0.05, 0.1) is 20.5 Å². The van der Waals surface area contributed by atoms with Crippen molar-refractivity contribution >= 4 is 45.2 Å². The predicted molar refractivity (Wildman–Crippen MR) is 93.0 cm³/mol. The van der Waals surface area contributed by atoms with Gasteiger partial charge in [-0.1, -0.05) is 0 Å². The van der Waals surface area contributed by atoms with Gasteiger partial charge in [0, 0.05) is 18.2 Å². The summed E-state index contributed by atoms with van der Waals surface area (Å²) < 4.78 is 16.6. The van der Waals surface area contributed by atoms with E-state index in [0.29, 0.717) is 21.5 Å². The van der Waals surface area contributed by atoms with E-state index in [0.717, 1.165) is 29.7 Å². The van der Waals surface area contributed by atoms with Gasteiger partial charge in [-0.15, -0.1) is 11.6 Å². The second-order valence-electron chi connectivity index (χ2n) is 5.74. The van der Waals surface area contributed by atoms with Crippen molar-refractivity contribution in [2.45, 2.75) is 51.1 Å². The lowest BCUT2D eigenvalue weighted by Crippen LogP contribution is -2.51. The Bertz CT molecular complexity index is 662. The maximum Gasteiger partial charge on any atom is 0.143 e. The quantitative estimate of drug-likeness (QED) is 0.529. The number of alkyl halides is 1. The second kappa shape index (κ2) is 5.91. The summed E-state index contributed by atoms with van der Waals surface area (Å²) in [6.07, 6.45) is 3.51. The third-order valence-electron chi connectivity index (χ3n) is 4.24. The number of aromatic nitrogens is 2. The molecule has 0 saturated carbocycles. The van der Waals surface area contributed by atoms with Crippen LogP contribution in [0.15, 0.2) is 12.1 Å². The number of fused-ring (bicyclic) bond motifs is 1. The van der Waals surface area contributed by atoms with Gasteiger partial charge in [0.2, 0.25) is 0 Å². The molecule has 1 aromatic carbocycles. The molecule has 3 nitrogen and oxygen atoms in total. The largest absolute Gasteiger partial charge is 0.305 e. The second-order valence-corrected chi connectivity index (χ2v) is 7.17. The molecular weight excluding hydrogens is 404 g/mol. The molecule has 114 valence electrons. The van der Waals surface area contributed by atoms with Gasteiger partial charge < -0.3 is 5.01 Å². The Balaban J connectivity index is 2.22. The summed E-state index contributed by atoms with van der Waals surface area (Å²) >= 11 is 8.09. The van der Waals surface area contributed by atoms with Crippen LogP contribution in [0.25, 0.3) is 11.0 Å². The van der Waals surface area contributed by atoms with E-state index in [2.05, 4.69) is 23.8 Å². The van der Waals surface area contributed by atoms with E-state index in [-0.39, 0.29) is 5.82 Å². The predicted octanol–water partition coefficient (Wildman–Crippen LogP) is 4.42. The lowest BCUT2D eigenvalue weighted by atomic mass is 10.00. The van der Waals surface area contributed by atoms with Crippen molar-refractivity contribution in [1.82, 2.24) is 9.66 Å². The Morgan fingerprint density at radius 2 is 2.00 bits per heavy atom. The molecule has 0 N–H and O–H groups in total. The minimum absolute atomic E-state index is 0.206. The number of halogens is 3. The zero-order valence-electron chi connectivity index (χ0n) is 12.1. The molecule has 0 spiro atoms. The van der Waals surface area contributed by atoms with Crippen LogP contribution in [0.2, 0.25) is 0 Å². The van der Waals surface area contributed by atoms with Gasteiger partial charge in [-0.25, -0.2) is 14.1 Å². The number of benzene rings is 1. The molecule has 1 saturated heterocycles. The van der Waals surface area contributed by atoms with Crippen LogP contribution >= 0.6 is 34.2 Å². The summed E-state index contributed by atoms with van der Waals surface area (Å²) in [6.45, 7) is 4.42. The first kappa shape index (κ1) is 15.3. The van der Waals surface area contributed by atoms with Crippen molar-refractivity contribution in [3.8, 4) is 0 Å². The van der Waals surface area contributed by atoms with Gasteiger partial charge in [-0.05, 0) is 61.8 Å². The molecule has 6 heteroatoms. The smallest absolute Gasteiger partial charge is 0.143 e. The summed E-state index contributed by atoms with van der Waals surface area (Å²) in [5.74, 6) is 0.902. The maximum absolute atomic E-state index is 14.0. The Morgan fingerprint density at radius 3 is 2.62 bits per heavy atom. The molecule has 2 heterocycles. The van der Waals surface area contributed by atoms with Crippen molar-refractivity contribution in [3.05, 3.63) is 27.3 Å². The van der Waals surface area contributed by atoms with Gasteiger partial charge in [-0.2, -0.15) is 0 Å². The first-order valence-electron chi connectivity index (χ1n) is 7.24. The molecule has 1 fully saturated rings. The van der Waals surface area contributed by atoms with E-state index in [1.807, 2.05) is 27.3 Å². The molecule has 0 radical (unpaired) electrons. The summed E-state index contributed by atoms with van der Waals surface area (Å²) in [4.78, 5) is 4.60. The van der Waals surface area contributed by atoms with E-state index >= 15 is 0 Å². The summed E-state index contributed by atoms with van der Waals surface area (Å²) in [5, 5.41) is 2.31. The fourth-order valence-corrected chi connectivity index (χ4v) is 3.88. The highest BCUT2D eigenvalue weighted by atomic mass is 127. The highest BCUT2D eigenvalue weighted by molar-refractivity contribution is 14.1. The third-order valence-corrected chi connectivity index (χ3v) is 5.30. The average molecular weight is 422 g/mol. The zero-order chi connectivity index (χ0) is 15.1. The van der Waals surface area contributed by atoms with Crippen LogP contribution in [0.1, 0.15) is 38.9 Å². The van der Waals surface area contributed by atoms with Crippen molar-refractivity contribution in [2.24, 2.45) is 0 Å². The van der Waals surface area contributed by atoms with Gasteiger partial charge in [0.1, 0.15) is 11.6 Å². The molecular formula is C15H18ClFIN3. The fraction of sp³-hybridized carbons (Fsp3) is 0.533. The molecule has 1 aliphatic rings. The van der Waals surface area contributed by atoms with E-state index in [1.54, 1.807) is 12.1 Å². The molecule has 0 bridgehead atoms.